The lowest BCUT2D eigenvalue weighted by Gasteiger charge is -2.39. The van der Waals surface area contributed by atoms with Crippen LogP contribution in [0.15, 0.2) is 0 Å². The van der Waals surface area contributed by atoms with Crippen molar-refractivity contribution >= 4 is 5.91 Å². The van der Waals surface area contributed by atoms with Crippen molar-refractivity contribution in [3.05, 3.63) is 0 Å². The summed E-state index contributed by atoms with van der Waals surface area (Å²) in [6.07, 6.45) is 12.2. The van der Waals surface area contributed by atoms with Crippen LogP contribution in [0.5, 0.6) is 0 Å². The second kappa shape index (κ2) is 8.02. The molecular weight excluding hydrogens is 248 g/mol. The third-order valence-corrected chi connectivity index (χ3v) is 5.47. The second-order valence-corrected chi connectivity index (χ2v) is 6.72. The fourth-order valence-corrected chi connectivity index (χ4v) is 4.24. The monoisotopic (exact) mass is 280 g/mol. The highest BCUT2D eigenvalue weighted by Crippen LogP contribution is 2.31. The average molecular weight is 280 g/mol. The maximum atomic E-state index is 12.6. The predicted octanol–water partition coefficient (Wildman–Crippen LogP) is 3.32. The number of hydrogen-bond donors (Lipinski definition) is 1. The van der Waals surface area contributed by atoms with Gasteiger partial charge in [-0.05, 0) is 44.6 Å². The molecule has 2 fully saturated rings. The molecule has 0 radical (unpaired) electrons. The molecule has 0 aromatic rings. The molecule has 3 heteroatoms. The summed E-state index contributed by atoms with van der Waals surface area (Å²) < 4.78 is 0. The van der Waals surface area contributed by atoms with Gasteiger partial charge in [0.1, 0.15) is 0 Å². The highest BCUT2D eigenvalue weighted by molar-refractivity contribution is 5.76. The van der Waals surface area contributed by atoms with Gasteiger partial charge < -0.3 is 10.6 Å². The number of carbonyl (C=O) groups excluding carboxylic acids is 1. The van der Waals surface area contributed by atoms with Gasteiger partial charge >= 0.3 is 0 Å². The molecule has 0 aliphatic heterocycles. The molecule has 116 valence electrons. The van der Waals surface area contributed by atoms with E-state index in [0.717, 1.165) is 38.3 Å². The Labute approximate surface area is 124 Å². The smallest absolute Gasteiger partial charge is 0.222 e. The van der Waals surface area contributed by atoms with Crippen LogP contribution in [0, 0.1) is 11.8 Å². The van der Waals surface area contributed by atoms with E-state index >= 15 is 0 Å². The highest BCUT2D eigenvalue weighted by Gasteiger charge is 2.31. The van der Waals surface area contributed by atoms with E-state index in [2.05, 4.69) is 11.8 Å². The van der Waals surface area contributed by atoms with Crippen LogP contribution in [-0.2, 0) is 4.79 Å². The number of nitrogens with zero attached hydrogens (tertiary/aromatic N) is 1. The number of amides is 1. The molecule has 2 N–H and O–H groups in total. The minimum absolute atomic E-state index is 0.379. The highest BCUT2D eigenvalue weighted by atomic mass is 16.2. The summed E-state index contributed by atoms with van der Waals surface area (Å²) in [5.41, 5.74) is 5.92. The van der Waals surface area contributed by atoms with E-state index in [4.69, 9.17) is 5.73 Å². The molecule has 3 nitrogen and oxygen atoms in total. The molecule has 2 saturated carbocycles. The van der Waals surface area contributed by atoms with Crippen LogP contribution < -0.4 is 5.73 Å². The maximum Gasteiger partial charge on any atom is 0.222 e. The van der Waals surface area contributed by atoms with Gasteiger partial charge in [0.25, 0.3) is 0 Å². The third kappa shape index (κ3) is 3.97. The van der Waals surface area contributed by atoms with Crippen molar-refractivity contribution in [2.24, 2.45) is 17.6 Å². The Hall–Kier alpha value is -0.570. The minimum atomic E-state index is 0.379. The lowest BCUT2D eigenvalue weighted by molar-refractivity contribution is -0.135. The van der Waals surface area contributed by atoms with Gasteiger partial charge in [0.05, 0.1) is 0 Å². The first-order chi connectivity index (χ1) is 9.76. The SMILES string of the molecule is CCN(C(=O)CCC1CCCC1)C1CCCCC1CN. The fraction of sp³-hybridized carbons (Fsp3) is 0.941. The number of hydrogen-bond acceptors (Lipinski definition) is 2. The molecule has 20 heavy (non-hydrogen) atoms. The predicted molar refractivity (Wildman–Crippen MR) is 83.4 cm³/mol. The molecule has 2 unspecified atom stereocenters. The molecule has 2 rings (SSSR count). The van der Waals surface area contributed by atoms with Crippen LogP contribution in [0.4, 0.5) is 0 Å². The lowest BCUT2D eigenvalue weighted by Crippen LogP contribution is -2.48. The molecule has 0 aromatic heterocycles. The second-order valence-electron chi connectivity index (χ2n) is 6.72. The zero-order valence-electron chi connectivity index (χ0n) is 13.2. The average Bonchev–Trinajstić information content (AvgIpc) is 3.00. The van der Waals surface area contributed by atoms with Gasteiger partial charge in [0.2, 0.25) is 5.91 Å². The van der Waals surface area contributed by atoms with Gasteiger partial charge in [-0.1, -0.05) is 38.5 Å². The molecule has 0 bridgehead atoms. The van der Waals surface area contributed by atoms with Gasteiger partial charge in [-0.15, -0.1) is 0 Å². The van der Waals surface area contributed by atoms with Crippen LogP contribution >= 0.6 is 0 Å². The zero-order valence-corrected chi connectivity index (χ0v) is 13.2. The van der Waals surface area contributed by atoms with Gasteiger partial charge in [-0.3, -0.25) is 4.79 Å². The molecule has 0 spiro atoms. The summed E-state index contributed by atoms with van der Waals surface area (Å²) in [6, 6.07) is 0.412. The van der Waals surface area contributed by atoms with Crippen LogP contribution in [-0.4, -0.2) is 29.9 Å². The van der Waals surface area contributed by atoms with Crippen LogP contribution in [0.1, 0.15) is 71.1 Å². The molecule has 1 amide bonds. The first kappa shape index (κ1) is 15.8. The van der Waals surface area contributed by atoms with E-state index in [-0.39, 0.29) is 0 Å². The first-order valence-corrected chi connectivity index (χ1v) is 8.75. The van der Waals surface area contributed by atoms with Crippen LogP contribution in [0.3, 0.4) is 0 Å². The fourth-order valence-electron chi connectivity index (χ4n) is 4.24. The minimum Gasteiger partial charge on any atom is -0.340 e. The Morgan fingerprint density at radius 3 is 2.40 bits per heavy atom. The number of nitrogens with two attached hydrogens (primary N) is 1. The summed E-state index contributed by atoms with van der Waals surface area (Å²) in [7, 11) is 0. The Morgan fingerprint density at radius 1 is 1.10 bits per heavy atom. The van der Waals surface area contributed by atoms with Crippen molar-refractivity contribution in [1.29, 1.82) is 0 Å². The van der Waals surface area contributed by atoms with Gasteiger partial charge in [0.15, 0.2) is 0 Å². The summed E-state index contributed by atoms with van der Waals surface area (Å²) in [5.74, 6) is 1.72. The molecule has 2 aliphatic rings. The van der Waals surface area contributed by atoms with E-state index in [0.29, 0.717) is 17.9 Å². The Balaban J connectivity index is 1.86. The Kier molecular flexibility index (Phi) is 6.34. The third-order valence-electron chi connectivity index (χ3n) is 5.47. The van der Waals surface area contributed by atoms with E-state index < -0.39 is 0 Å². The van der Waals surface area contributed by atoms with E-state index in [1.165, 1.54) is 44.9 Å². The molecule has 0 aromatic carbocycles. The summed E-state index contributed by atoms with van der Waals surface area (Å²) in [5, 5.41) is 0. The molecule has 2 atom stereocenters. The lowest BCUT2D eigenvalue weighted by atomic mass is 9.83. The summed E-state index contributed by atoms with van der Waals surface area (Å²) in [4.78, 5) is 14.7. The number of rotatable bonds is 6. The topological polar surface area (TPSA) is 46.3 Å². The van der Waals surface area contributed by atoms with Crippen LogP contribution in [0.2, 0.25) is 0 Å². The van der Waals surface area contributed by atoms with Crippen molar-refractivity contribution < 1.29 is 4.79 Å². The zero-order chi connectivity index (χ0) is 14.4. The van der Waals surface area contributed by atoms with Crippen molar-refractivity contribution in [3.8, 4) is 0 Å². The molecule has 0 saturated heterocycles. The van der Waals surface area contributed by atoms with Gasteiger partial charge in [0, 0.05) is 19.0 Å². The van der Waals surface area contributed by atoms with Crippen molar-refractivity contribution in [2.45, 2.75) is 77.2 Å². The Morgan fingerprint density at radius 2 is 1.75 bits per heavy atom. The maximum absolute atomic E-state index is 12.6. The Bertz CT molecular complexity index is 299. The van der Waals surface area contributed by atoms with Gasteiger partial charge in [-0.25, -0.2) is 0 Å². The molecule has 0 heterocycles. The van der Waals surface area contributed by atoms with Crippen molar-refractivity contribution in [3.63, 3.8) is 0 Å². The summed E-state index contributed by atoms with van der Waals surface area (Å²) in [6.45, 7) is 3.71. The molecule has 2 aliphatic carbocycles. The summed E-state index contributed by atoms with van der Waals surface area (Å²) >= 11 is 0. The van der Waals surface area contributed by atoms with E-state index in [1.807, 2.05) is 0 Å². The first-order valence-electron chi connectivity index (χ1n) is 8.75. The van der Waals surface area contributed by atoms with Gasteiger partial charge in [-0.2, -0.15) is 0 Å². The normalized spacial score (nSPS) is 27.7. The van der Waals surface area contributed by atoms with Crippen molar-refractivity contribution in [1.82, 2.24) is 4.90 Å². The molecular formula is C17H32N2O. The van der Waals surface area contributed by atoms with E-state index in [1.54, 1.807) is 0 Å². The largest absolute Gasteiger partial charge is 0.340 e. The van der Waals surface area contributed by atoms with E-state index in [9.17, 15) is 4.79 Å². The standard InChI is InChI=1S/C17H32N2O/c1-2-19(16-10-6-5-9-15(16)13-18)17(20)12-11-14-7-3-4-8-14/h14-16H,2-13,18H2,1H3. The van der Waals surface area contributed by atoms with Crippen molar-refractivity contribution in [2.75, 3.05) is 13.1 Å². The quantitative estimate of drug-likeness (QED) is 0.811. The van der Waals surface area contributed by atoms with Crippen LogP contribution in [0.25, 0.3) is 0 Å². The number of carbonyl (C=O) groups is 1.